The Kier molecular flexibility index (Phi) is 4.85. The summed E-state index contributed by atoms with van der Waals surface area (Å²) in [5, 5.41) is 10.5. The summed E-state index contributed by atoms with van der Waals surface area (Å²) in [4.78, 5) is 25.1. The van der Waals surface area contributed by atoms with Gasteiger partial charge in [0.25, 0.3) is 0 Å². The Hall–Kier alpha value is -1.92. The lowest BCUT2D eigenvalue weighted by molar-refractivity contribution is -0.211. The second kappa shape index (κ2) is 6.60. The molecule has 0 radical (unpaired) electrons. The first-order valence-corrected chi connectivity index (χ1v) is 9.33. The standard InChI is InChI=1S/C21H28O6/c1-7-11(2)18(23)26-17-16-12(3)19(24)27-21(16,25-6)10-14-8-9-15(22)13(4)20(14,17)5/h7-8,13,15,17,22H,9-10H2,1-6H3/b11-7-/t13-,15-,17+,20+,21+/m0/s1. The quantitative estimate of drug-likeness (QED) is 0.463. The molecule has 0 amide bonds. The van der Waals surface area contributed by atoms with E-state index < -0.39 is 35.3 Å². The molecule has 0 aromatic carbocycles. The van der Waals surface area contributed by atoms with Crippen molar-refractivity contribution in [3.05, 3.63) is 34.4 Å². The lowest BCUT2D eigenvalue weighted by atomic mass is 9.55. The minimum absolute atomic E-state index is 0.174. The number of hydrogen-bond donors (Lipinski definition) is 1. The van der Waals surface area contributed by atoms with Crippen LogP contribution in [-0.4, -0.2) is 42.1 Å². The molecule has 6 nitrogen and oxygen atoms in total. The van der Waals surface area contributed by atoms with Crippen molar-refractivity contribution in [3.63, 3.8) is 0 Å². The summed E-state index contributed by atoms with van der Waals surface area (Å²) >= 11 is 0. The van der Waals surface area contributed by atoms with Gasteiger partial charge in [-0.1, -0.05) is 31.6 Å². The van der Waals surface area contributed by atoms with Crippen molar-refractivity contribution >= 4 is 11.9 Å². The van der Waals surface area contributed by atoms with Crippen LogP contribution in [0.15, 0.2) is 34.4 Å². The molecule has 1 saturated carbocycles. The largest absolute Gasteiger partial charge is 0.453 e. The van der Waals surface area contributed by atoms with Crippen molar-refractivity contribution in [1.82, 2.24) is 0 Å². The average molecular weight is 376 g/mol. The second-order valence-corrected chi connectivity index (χ2v) is 7.92. The van der Waals surface area contributed by atoms with E-state index >= 15 is 0 Å². The Balaban J connectivity index is 2.21. The van der Waals surface area contributed by atoms with Crippen LogP contribution >= 0.6 is 0 Å². The average Bonchev–Trinajstić information content (AvgIpc) is 2.90. The van der Waals surface area contributed by atoms with Gasteiger partial charge in [0.05, 0.1) is 11.7 Å². The summed E-state index contributed by atoms with van der Waals surface area (Å²) in [5.41, 5.74) is 1.75. The zero-order valence-corrected chi connectivity index (χ0v) is 16.8. The Morgan fingerprint density at radius 2 is 2.11 bits per heavy atom. The maximum Gasteiger partial charge on any atom is 0.336 e. The monoisotopic (exact) mass is 376 g/mol. The third-order valence-corrected chi connectivity index (χ3v) is 6.74. The predicted octanol–water partition coefficient (Wildman–Crippen LogP) is 2.82. The SMILES string of the molecule is C/C=C(/C)C(=O)O[C@@H]1C2=C(C)C(=O)O[C@]2(OC)CC2=CC[C@H](O)[C@H](C)[C@]21C. The van der Waals surface area contributed by atoms with Gasteiger partial charge in [0, 0.05) is 30.1 Å². The highest BCUT2D eigenvalue weighted by Crippen LogP contribution is 2.59. The number of aliphatic hydroxyl groups is 1. The second-order valence-electron chi connectivity index (χ2n) is 7.92. The van der Waals surface area contributed by atoms with Crippen LogP contribution in [0.4, 0.5) is 0 Å². The number of methoxy groups -OCH3 is 1. The van der Waals surface area contributed by atoms with Crippen LogP contribution in [0.5, 0.6) is 0 Å². The van der Waals surface area contributed by atoms with Gasteiger partial charge in [-0.3, -0.25) is 0 Å². The summed E-state index contributed by atoms with van der Waals surface area (Å²) in [5.74, 6) is -2.36. The van der Waals surface area contributed by atoms with E-state index in [-0.39, 0.29) is 5.92 Å². The van der Waals surface area contributed by atoms with Crippen LogP contribution in [-0.2, 0) is 23.8 Å². The predicted molar refractivity (Wildman–Crippen MR) is 98.4 cm³/mol. The maximum atomic E-state index is 12.7. The van der Waals surface area contributed by atoms with Gasteiger partial charge in [-0.15, -0.1) is 0 Å². The van der Waals surface area contributed by atoms with Gasteiger partial charge in [-0.25, -0.2) is 9.59 Å². The molecule has 1 aliphatic heterocycles. The van der Waals surface area contributed by atoms with Crippen molar-refractivity contribution in [2.24, 2.45) is 11.3 Å². The molecule has 3 rings (SSSR count). The third-order valence-electron chi connectivity index (χ3n) is 6.74. The molecular weight excluding hydrogens is 348 g/mol. The van der Waals surface area contributed by atoms with Gasteiger partial charge in [-0.2, -0.15) is 0 Å². The van der Waals surface area contributed by atoms with Gasteiger partial charge in [0.1, 0.15) is 6.10 Å². The first-order valence-electron chi connectivity index (χ1n) is 9.33. The fourth-order valence-corrected chi connectivity index (χ4v) is 4.53. The molecular formula is C21H28O6. The number of fused-ring (bicyclic) bond motifs is 2. The number of ether oxygens (including phenoxy) is 3. The summed E-state index contributed by atoms with van der Waals surface area (Å²) in [6.45, 7) is 9.06. The van der Waals surface area contributed by atoms with Crippen LogP contribution in [0.1, 0.15) is 47.5 Å². The molecule has 0 spiro atoms. The van der Waals surface area contributed by atoms with E-state index in [1.54, 1.807) is 26.8 Å². The van der Waals surface area contributed by atoms with Crippen molar-refractivity contribution < 1.29 is 28.9 Å². The first-order chi connectivity index (χ1) is 12.6. The van der Waals surface area contributed by atoms with Crippen molar-refractivity contribution in [2.75, 3.05) is 7.11 Å². The van der Waals surface area contributed by atoms with E-state index in [0.29, 0.717) is 29.6 Å². The normalized spacial score (nSPS) is 38.8. The minimum Gasteiger partial charge on any atom is -0.453 e. The van der Waals surface area contributed by atoms with Crippen LogP contribution < -0.4 is 0 Å². The number of carbonyl (C=O) groups is 2. The Bertz CT molecular complexity index is 776. The molecule has 0 bridgehead atoms. The molecule has 148 valence electrons. The van der Waals surface area contributed by atoms with Crippen LogP contribution in [0, 0.1) is 11.3 Å². The molecule has 1 fully saturated rings. The fourth-order valence-electron chi connectivity index (χ4n) is 4.53. The number of esters is 2. The first kappa shape index (κ1) is 19.8. The molecule has 0 unspecified atom stereocenters. The summed E-state index contributed by atoms with van der Waals surface area (Å²) in [7, 11) is 1.49. The highest BCUT2D eigenvalue weighted by molar-refractivity contribution is 5.93. The van der Waals surface area contributed by atoms with E-state index in [2.05, 4.69) is 0 Å². The minimum atomic E-state index is -1.26. The van der Waals surface area contributed by atoms with Gasteiger partial charge in [0.2, 0.25) is 5.79 Å². The fraction of sp³-hybridized carbons (Fsp3) is 0.619. The van der Waals surface area contributed by atoms with Crippen molar-refractivity contribution in [1.29, 1.82) is 0 Å². The smallest absolute Gasteiger partial charge is 0.336 e. The van der Waals surface area contributed by atoms with Gasteiger partial charge in [-0.05, 0) is 33.1 Å². The highest BCUT2D eigenvalue weighted by atomic mass is 16.7. The number of rotatable bonds is 3. The molecule has 5 atom stereocenters. The topological polar surface area (TPSA) is 82.1 Å². The number of carbonyl (C=O) groups excluding carboxylic acids is 2. The van der Waals surface area contributed by atoms with E-state index in [4.69, 9.17) is 14.2 Å². The van der Waals surface area contributed by atoms with Crippen LogP contribution in [0.3, 0.4) is 0 Å². The Morgan fingerprint density at radius 3 is 2.70 bits per heavy atom. The van der Waals surface area contributed by atoms with E-state index in [0.717, 1.165) is 5.57 Å². The molecule has 0 aromatic heterocycles. The Labute approximate surface area is 159 Å². The number of aliphatic hydroxyl groups excluding tert-OH is 1. The zero-order chi connectivity index (χ0) is 20.1. The summed E-state index contributed by atoms with van der Waals surface area (Å²) < 4.78 is 17.3. The Morgan fingerprint density at radius 1 is 1.44 bits per heavy atom. The lowest BCUT2D eigenvalue weighted by Crippen LogP contribution is -2.58. The van der Waals surface area contributed by atoms with E-state index in [9.17, 15) is 14.7 Å². The molecule has 6 heteroatoms. The molecule has 3 aliphatic rings. The molecule has 1 N–H and O–H groups in total. The molecule has 27 heavy (non-hydrogen) atoms. The van der Waals surface area contributed by atoms with Gasteiger partial charge < -0.3 is 19.3 Å². The molecule has 1 heterocycles. The molecule has 0 saturated heterocycles. The van der Waals surface area contributed by atoms with Gasteiger partial charge >= 0.3 is 11.9 Å². The van der Waals surface area contributed by atoms with Crippen LogP contribution in [0.2, 0.25) is 0 Å². The van der Waals surface area contributed by atoms with E-state index in [1.165, 1.54) is 7.11 Å². The summed E-state index contributed by atoms with van der Waals surface area (Å²) in [6.07, 6.45) is 3.20. The molecule has 2 aliphatic carbocycles. The zero-order valence-electron chi connectivity index (χ0n) is 16.8. The van der Waals surface area contributed by atoms with Crippen LogP contribution in [0.25, 0.3) is 0 Å². The summed E-state index contributed by atoms with van der Waals surface area (Å²) in [6, 6.07) is 0. The number of hydrogen-bond acceptors (Lipinski definition) is 6. The molecule has 0 aromatic rings. The van der Waals surface area contributed by atoms with Gasteiger partial charge in [0.15, 0.2) is 0 Å². The lowest BCUT2D eigenvalue weighted by Gasteiger charge is -2.54. The highest BCUT2D eigenvalue weighted by Gasteiger charge is 2.64. The number of allylic oxidation sites excluding steroid dienone is 1. The third kappa shape index (κ3) is 2.69. The van der Waals surface area contributed by atoms with Crippen molar-refractivity contribution in [3.8, 4) is 0 Å². The maximum absolute atomic E-state index is 12.7. The van der Waals surface area contributed by atoms with E-state index in [1.807, 2.05) is 19.9 Å². The van der Waals surface area contributed by atoms with Crippen molar-refractivity contribution in [2.45, 2.75) is 65.5 Å².